The van der Waals surface area contributed by atoms with Gasteiger partial charge in [-0.2, -0.15) is 23.4 Å². The van der Waals surface area contributed by atoms with Crippen LogP contribution in [0, 0.1) is 29.1 Å². The number of hydrogen-bond acceptors (Lipinski definition) is 6. The van der Waals surface area contributed by atoms with Crippen molar-refractivity contribution >= 4 is 5.95 Å². The van der Waals surface area contributed by atoms with E-state index < -0.39 is 17.6 Å². The second-order valence-electron chi connectivity index (χ2n) is 8.27. The highest BCUT2D eigenvalue weighted by Gasteiger charge is 2.42. The number of piperidine rings is 1. The predicted molar refractivity (Wildman–Crippen MR) is 103 cm³/mol. The fraction of sp³-hybridized carbons (Fsp3) is 0.550. The van der Waals surface area contributed by atoms with Gasteiger partial charge in [-0.1, -0.05) is 0 Å². The van der Waals surface area contributed by atoms with Crippen LogP contribution in [-0.2, 0) is 6.18 Å². The van der Waals surface area contributed by atoms with E-state index in [0.29, 0.717) is 43.0 Å². The zero-order valence-corrected chi connectivity index (χ0v) is 17.0. The number of halogens is 4. The minimum Gasteiger partial charge on any atom is -0.424 e. The third-order valence-electron chi connectivity index (χ3n) is 5.81. The fourth-order valence-corrected chi connectivity index (χ4v) is 4.36. The van der Waals surface area contributed by atoms with Gasteiger partial charge in [-0.25, -0.2) is 9.07 Å². The van der Waals surface area contributed by atoms with Gasteiger partial charge in [0.1, 0.15) is 11.6 Å². The molecule has 1 aliphatic heterocycles. The standard InChI is InChI=1S/C20H22F4N6O/c1-11(2)30-19(31-14-5-6-16(21)15(7-14)20(22,23)24)27-18(28-30)26-17-12-3-4-13(17)9-29(8-12)10-25/h5-7,11-13,17H,3-4,8-9H2,1-2H3,(H,26,28)/t12-,13+,17+. The maximum atomic E-state index is 13.6. The highest BCUT2D eigenvalue weighted by molar-refractivity contribution is 5.35. The van der Waals surface area contributed by atoms with Crippen molar-refractivity contribution in [2.75, 3.05) is 18.4 Å². The average Bonchev–Trinajstić information content (AvgIpc) is 3.19. The zero-order valence-electron chi connectivity index (χ0n) is 17.0. The number of hydrogen-bond donors (Lipinski definition) is 1. The molecule has 1 saturated heterocycles. The molecule has 7 nitrogen and oxygen atoms in total. The summed E-state index contributed by atoms with van der Waals surface area (Å²) in [6.07, 6.45) is -0.618. The van der Waals surface area contributed by atoms with Gasteiger partial charge in [0.15, 0.2) is 6.19 Å². The molecule has 4 rings (SSSR count). The Bertz CT molecular complexity index is 985. The van der Waals surface area contributed by atoms with Crippen molar-refractivity contribution in [1.29, 1.82) is 5.26 Å². The minimum atomic E-state index is -4.83. The van der Waals surface area contributed by atoms with E-state index in [4.69, 9.17) is 4.74 Å². The largest absolute Gasteiger partial charge is 0.424 e. The number of anilines is 1. The summed E-state index contributed by atoms with van der Waals surface area (Å²) in [5, 5.41) is 16.9. The van der Waals surface area contributed by atoms with E-state index in [1.807, 2.05) is 13.8 Å². The maximum absolute atomic E-state index is 13.6. The van der Waals surface area contributed by atoms with Gasteiger partial charge in [0, 0.05) is 19.1 Å². The molecule has 1 aromatic heterocycles. The Labute approximate surface area is 176 Å². The second kappa shape index (κ2) is 7.90. The van der Waals surface area contributed by atoms with Gasteiger partial charge in [-0.15, -0.1) is 5.10 Å². The van der Waals surface area contributed by atoms with Crippen molar-refractivity contribution in [2.24, 2.45) is 11.8 Å². The predicted octanol–water partition coefficient (Wildman–Crippen LogP) is 4.41. The van der Waals surface area contributed by atoms with Gasteiger partial charge in [-0.3, -0.25) is 0 Å². The number of likely N-dealkylation sites (tertiary alicyclic amines) is 1. The molecule has 1 N–H and O–H groups in total. The lowest BCUT2D eigenvalue weighted by molar-refractivity contribution is -0.140. The molecule has 31 heavy (non-hydrogen) atoms. The lowest BCUT2D eigenvalue weighted by Crippen LogP contribution is -2.46. The van der Waals surface area contributed by atoms with Gasteiger partial charge >= 0.3 is 12.2 Å². The SMILES string of the molecule is CC(C)n1nc(N[C@H]2[C@@H]3CC[C@H]2CN(C#N)C3)nc1Oc1ccc(F)c(C(F)(F)F)c1. The molecule has 2 aromatic rings. The molecule has 2 fully saturated rings. The van der Waals surface area contributed by atoms with Crippen LogP contribution in [0.25, 0.3) is 0 Å². The van der Waals surface area contributed by atoms with Gasteiger partial charge < -0.3 is 15.0 Å². The Hall–Kier alpha value is -3.03. The summed E-state index contributed by atoms with van der Waals surface area (Å²) in [5.41, 5.74) is -1.40. The van der Waals surface area contributed by atoms with Gasteiger partial charge in [-0.05, 0) is 56.7 Å². The Morgan fingerprint density at radius 2 is 1.90 bits per heavy atom. The molecule has 2 heterocycles. The molecule has 0 spiro atoms. The molecule has 1 aromatic carbocycles. The Morgan fingerprint density at radius 1 is 1.23 bits per heavy atom. The third kappa shape index (κ3) is 4.24. The summed E-state index contributed by atoms with van der Waals surface area (Å²) in [4.78, 5) is 6.10. The van der Waals surface area contributed by atoms with Crippen LogP contribution in [0.5, 0.6) is 11.8 Å². The number of nitriles is 1. The summed E-state index contributed by atoms with van der Waals surface area (Å²) in [5.74, 6) is -0.654. The van der Waals surface area contributed by atoms with Crippen molar-refractivity contribution < 1.29 is 22.3 Å². The number of alkyl halides is 3. The molecule has 2 aliphatic rings. The van der Waals surface area contributed by atoms with Crippen molar-refractivity contribution in [3.63, 3.8) is 0 Å². The van der Waals surface area contributed by atoms with Crippen molar-refractivity contribution in [2.45, 2.75) is 44.9 Å². The lowest BCUT2D eigenvalue weighted by Gasteiger charge is -2.35. The normalized spacial score (nSPS) is 23.2. The van der Waals surface area contributed by atoms with E-state index >= 15 is 0 Å². The molecule has 166 valence electrons. The summed E-state index contributed by atoms with van der Waals surface area (Å²) < 4.78 is 59.6. The van der Waals surface area contributed by atoms with Crippen LogP contribution >= 0.6 is 0 Å². The van der Waals surface area contributed by atoms with E-state index in [1.165, 1.54) is 4.68 Å². The Balaban J connectivity index is 1.56. The van der Waals surface area contributed by atoms with Crippen LogP contribution in [-0.4, -0.2) is 38.8 Å². The first-order valence-electron chi connectivity index (χ1n) is 10.1. The molecule has 1 aliphatic carbocycles. The van der Waals surface area contributed by atoms with Crippen LogP contribution < -0.4 is 10.1 Å². The smallest absolute Gasteiger partial charge is 0.419 e. The molecule has 2 bridgehead atoms. The Kier molecular flexibility index (Phi) is 5.41. The highest BCUT2D eigenvalue weighted by Crippen LogP contribution is 2.39. The third-order valence-corrected chi connectivity index (χ3v) is 5.81. The van der Waals surface area contributed by atoms with Gasteiger partial charge in [0.2, 0.25) is 5.95 Å². The molecular formula is C20H22F4N6O. The summed E-state index contributed by atoms with van der Waals surface area (Å²) >= 11 is 0. The van der Waals surface area contributed by atoms with Crippen LogP contribution in [0.1, 0.15) is 38.3 Å². The average molecular weight is 438 g/mol. The lowest BCUT2D eigenvalue weighted by atomic mass is 9.92. The van der Waals surface area contributed by atoms with Crippen molar-refractivity contribution in [3.8, 4) is 18.0 Å². The number of nitrogens with zero attached hydrogens (tertiary/aromatic N) is 5. The van der Waals surface area contributed by atoms with Gasteiger partial charge in [0.25, 0.3) is 0 Å². The number of nitrogens with one attached hydrogen (secondary N) is 1. The molecule has 0 unspecified atom stereocenters. The monoisotopic (exact) mass is 438 g/mol. The van der Waals surface area contributed by atoms with E-state index in [2.05, 4.69) is 21.6 Å². The molecule has 0 amide bonds. The molecule has 11 heteroatoms. The molecule has 1 saturated carbocycles. The molecule has 0 radical (unpaired) electrons. The summed E-state index contributed by atoms with van der Waals surface area (Å²) in [6, 6.07) is 2.41. The summed E-state index contributed by atoms with van der Waals surface area (Å²) in [7, 11) is 0. The van der Waals surface area contributed by atoms with Crippen LogP contribution in [0.3, 0.4) is 0 Å². The fourth-order valence-electron chi connectivity index (χ4n) is 4.36. The Morgan fingerprint density at radius 3 is 2.48 bits per heavy atom. The zero-order chi connectivity index (χ0) is 22.3. The van der Waals surface area contributed by atoms with Crippen molar-refractivity contribution in [1.82, 2.24) is 19.7 Å². The number of benzene rings is 1. The topological polar surface area (TPSA) is 79.0 Å². The number of fused-ring (bicyclic) bond motifs is 2. The second-order valence-corrected chi connectivity index (χ2v) is 8.27. The first kappa shape index (κ1) is 21.2. The number of rotatable bonds is 5. The highest BCUT2D eigenvalue weighted by atomic mass is 19.4. The van der Waals surface area contributed by atoms with Crippen molar-refractivity contribution in [3.05, 3.63) is 29.6 Å². The van der Waals surface area contributed by atoms with Crippen LogP contribution in [0.4, 0.5) is 23.5 Å². The van der Waals surface area contributed by atoms with Crippen LogP contribution in [0.2, 0.25) is 0 Å². The molecule has 3 atom stereocenters. The first-order chi connectivity index (χ1) is 14.7. The van der Waals surface area contributed by atoms with E-state index in [1.54, 1.807) is 4.90 Å². The van der Waals surface area contributed by atoms with Crippen LogP contribution in [0.15, 0.2) is 18.2 Å². The quantitative estimate of drug-likeness (QED) is 0.550. The van der Waals surface area contributed by atoms with E-state index in [9.17, 15) is 22.8 Å². The number of ether oxygens (including phenoxy) is 1. The summed E-state index contributed by atoms with van der Waals surface area (Å²) in [6.45, 7) is 5.03. The first-order valence-corrected chi connectivity index (χ1v) is 10.1. The van der Waals surface area contributed by atoms with Gasteiger partial charge in [0.05, 0.1) is 11.6 Å². The number of aromatic nitrogens is 3. The molecular weight excluding hydrogens is 416 g/mol. The van der Waals surface area contributed by atoms with E-state index in [-0.39, 0.29) is 23.8 Å². The minimum absolute atomic E-state index is 0.0130. The van der Waals surface area contributed by atoms with E-state index in [0.717, 1.165) is 18.9 Å². The maximum Gasteiger partial charge on any atom is 0.419 e.